The zero-order chi connectivity index (χ0) is 22.5. The number of carbonyl (C=O) groups excluding carboxylic acids is 3. The number of alkyl carbamates (subject to hydrolysis) is 2. The van der Waals surface area contributed by atoms with Crippen molar-refractivity contribution in [2.45, 2.75) is 32.5 Å². The van der Waals surface area contributed by atoms with Gasteiger partial charge < -0.3 is 43.6 Å². The average Bonchev–Trinajstić information content (AvgIpc) is 2.61. The minimum absolute atomic E-state index is 0.188. The Labute approximate surface area is 168 Å². The lowest BCUT2D eigenvalue weighted by Gasteiger charge is -2.25. The van der Waals surface area contributed by atoms with E-state index in [1.54, 1.807) is 20.8 Å². The van der Waals surface area contributed by atoms with Crippen LogP contribution < -0.4 is 21.0 Å². The van der Waals surface area contributed by atoms with Crippen molar-refractivity contribution >= 4 is 26.2 Å². The van der Waals surface area contributed by atoms with Crippen LogP contribution in [0, 0.1) is 0 Å². The second-order valence-corrected chi connectivity index (χ2v) is 7.57. The summed E-state index contributed by atoms with van der Waals surface area (Å²) in [4.78, 5) is 49.8. The van der Waals surface area contributed by atoms with Crippen LogP contribution in [0.3, 0.4) is 0 Å². The molecule has 0 aromatic heterocycles. The Morgan fingerprint density at radius 3 is 2.21 bits per heavy atom. The molecule has 0 aromatic rings. The van der Waals surface area contributed by atoms with Gasteiger partial charge >= 0.3 is 18.3 Å². The van der Waals surface area contributed by atoms with Crippen LogP contribution in [0.15, 0.2) is 0 Å². The molecule has 0 aliphatic heterocycles. The number of rotatable bonds is 11. The zero-order valence-corrected chi connectivity index (χ0v) is 17.7. The number of amides is 2. The molecule has 0 saturated carbocycles. The third-order valence-electron chi connectivity index (χ3n) is 2.50. The van der Waals surface area contributed by atoms with E-state index < -0.39 is 57.7 Å². The molecule has 29 heavy (non-hydrogen) atoms. The van der Waals surface area contributed by atoms with E-state index in [4.69, 9.17) is 14.2 Å². The molecular formula is C14H27N3O11P-. The molecule has 2 amide bonds. The van der Waals surface area contributed by atoms with E-state index in [0.717, 1.165) is 0 Å². The molecule has 0 heterocycles. The molecular weight excluding hydrogens is 417 g/mol. The van der Waals surface area contributed by atoms with Crippen LogP contribution in [-0.4, -0.2) is 70.5 Å². The quantitative estimate of drug-likeness (QED) is 0.128. The molecule has 0 radical (unpaired) electrons. The van der Waals surface area contributed by atoms with Gasteiger partial charge in [-0.2, -0.15) is 0 Å². The lowest BCUT2D eigenvalue weighted by molar-refractivity contribution is -0.227. The summed E-state index contributed by atoms with van der Waals surface area (Å²) in [7, 11) is -2.18. The number of hydroxylamine groups is 1. The van der Waals surface area contributed by atoms with E-state index in [1.807, 2.05) is 0 Å². The molecule has 0 aliphatic carbocycles. The van der Waals surface area contributed by atoms with E-state index in [-0.39, 0.29) is 6.54 Å². The molecule has 2 atom stereocenters. The Kier molecular flexibility index (Phi) is 12.2. The van der Waals surface area contributed by atoms with Crippen molar-refractivity contribution in [3.05, 3.63) is 0 Å². The first-order valence-electron chi connectivity index (χ1n) is 8.34. The topological polar surface area (TPSA) is 183 Å². The lowest BCUT2D eigenvalue weighted by atomic mass is 10.2. The van der Waals surface area contributed by atoms with Crippen molar-refractivity contribution in [3.8, 4) is 0 Å². The van der Waals surface area contributed by atoms with Crippen LogP contribution in [0.4, 0.5) is 14.4 Å². The molecule has 0 spiro atoms. The smallest absolute Gasteiger partial charge is 0.528 e. The highest BCUT2D eigenvalue weighted by Crippen LogP contribution is 2.38. The molecule has 0 rings (SSSR count). The van der Waals surface area contributed by atoms with Gasteiger partial charge in [-0.1, -0.05) is 0 Å². The SMILES string of the molecule is CNC(=O)OCC(COP(=O)([O-])OCCNOC(=O)OC(C)(C)C)OC(=O)NC. The van der Waals surface area contributed by atoms with Crippen molar-refractivity contribution in [1.82, 2.24) is 16.1 Å². The second-order valence-electron chi connectivity index (χ2n) is 6.16. The molecule has 15 heteroatoms. The predicted octanol–water partition coefficient (Wildman–Crippen LogP) is 0.0249. The van der Waals surface area contributed by atoms with Crippen molar-refractivity contribution in [2.75, 3.05) is 40.5 Å². The first-order valence-corrected chi connectivity index (χ1v) is 9.80. The van der Waals surface area contributed by atoms with Gasteiger partial charge in [-0.3, -0.25) is 4.57 Å². The Bertz CT molecular complexity index is 582. The monoisotopic (exact) mass is 444 g/mol. The summed E-state index contributed by atoms with van der Waals surface area (Å²) >= 11 is 0. The van der Waals surface area contributed by atoms with E-state index in [2.05, 4.69) is 30.0 Å². The fourth-order valence-corrected chi connectivity index (χ4v) is 2.10. The summed E-state index contributed by atoms with van der Waals surface area (Å²) in [6.45, 7) is 3.19. The molecule has 2 unspecified atom stereocenters. The maximum absolute atomic E-state index is 11.7. The van der Waals surface area contributed by atoms with Gasteiger partial charge in [-0.15, -0.1) is 5.48 Å². The molecule has 0 saturated heterocycles. The molecule has 0 fully saturated rings. The number of carbonyl (C=O) groups is 3. The van der Waals surface area contributed by atoms with Crippen molar-refractivity contribution in [3.63, 3.8) is 0 Å². The third kappa shape index (κ3) is 15.5. The molecule has 0 aromatic carbocycles. The Morgan fingerprint density at radius 2 is 1.66 bits per heavy atom. The number of ether oxygens (including phenoxy) is 3. The van der Waals surface area contributed by atoms with Gasteiger partial charge in [0.2, 0.25) is 0 Å². The second kappa shape index (κ2) is 13.2. The van der Waals surface area contributed by atoms with Crippen LogP contribution in [0.25, 0.3) is 0 Å². The van der Waals surface area contributed by atoms with Gasteiger partial charge in [0.1, 0.15) is 12.2 Å². The van der Waals surface area contributed by atoms with E-state index in [0.29, 0.717) is 0 Å². The number of phosphoric ester groups is 1. The number of hydrogen-bond donors (Lipinski definition) is 3. The summed E-state index contributed by atoms with van der Waals surface area (Å²) in [5, 5.41) is 4.32. The van der Waals surface area contributed by atoms with Gasteiger partial charge in [0.25, 0.3) is 7.82 Å². The maximum Gasteiger partial charge on any atom is 0.528 e. The van der Waals surface area contributed by atoms with E-state index in [1.165, 1.54) is 14.1 Å². The van der Waals surface area contributed by atoms with Gasteiger partial charge in [0.05, 0.1) is 19.8 Å². The van der Waals surface area contributed by atoms with Crippen molar-refractivity contribution in [1.29, 1.82) is 0 Å². The first-order chi connectivity index (χ1) is 13.4. The maximum atomic E-state index is 11.7. The van der Waals surface area contributed by atoms with Crippen LogP contribution >= 0.6 is 7.82 Å². The standard InChI is InChI=1S/C14H28N3O11P/c1-14(2,3)27-13(20)28-17-6-7-24-29(21,22)25-9-10(26-12(19)16-5)8-23-11(18)15-4/h10,17H,6-9H2,1-5H3,(H,15,18)(H,16,19)(H,21,22)/p-1. The summed E-state index contributed by atoms with van der Waals surface area (Å²) in [6, 6.07) is 0. The number of nitrogens with one attached hydrogen (secondary N) is 3. The highest BCUT2D eigenvalue weighted by atomic mass is 31.2. The lowest BCUT2D eigenvalue weighted by Crippen LogP contribution is -2.35. The van der Waals surface area contributed by atoms with Crippen LogP contribution in [0.5, 0.6) is 0 Å². The zero-order valence-electron chi connectivity index (χ0n) is 16.8. The largest absolute Gasteiger partial charge is 0.756 e. The Morgan fingerprint density at radius 1 is 1.03 bits per heavy atom. The van der Waals surface area contributed by atoms with Crippen LogP contribution in [0.1, 0.15) is 20.8 Å². The van der Waals surface area contributed by atoms with Crippen molar-refractivity contribution < 1.29 is 51.9 Å². The van der Waals surface area contributed by atoms with Crippen LogP contribution in [-0.2, 0) is 32.7 Å². The normalized spacial score (nSPS) is 14.1. The van der Waals surface area contributed by atoms with Crippen molar-refractivity contribution in [2.24, 2.45) is 0 Å². The highest BCUT2D eigenvalue weighted by Gasteiger charge is 2.21. The fourth-order valence-electron chi connectivity index (χ4n) is 1.36. The van der Waals surface area contributed by atoms with Crippen LogP contribution in [0.2, 0.25) is 0 Å². The summed E-state index contributed by atoms with van der Waals surface area (Å²) in [5.74, 6) is 0. The average molecular weight is 444 g/mol. The predicted molar refractivity (Wildman–Crippen MR) is 94.6 cm³/mol. The molecule has 0 aliphatic rings. The summed E-state index contributed by atoms with van der Waals surface area (Å²) in [5.41, 5.74) is 1.41. The van der Waals surface area contributed by atoms with Gasteiger partial charge in [0, 0.05) is 14.1 Å². The van der Waals surface area contributed by atoms with Gasteiger partial charge in [-0.25, -0.2) is 14.4 Å². The highest BCUT2D eigenvalue weighted by molar-refractivity contribution is 7.45. The first kappa shape index (κ1) is 26.9. The summed E-state index contributed by atoms with van der Waals surface area (Å²) in [6.07, 6.45) is -3.91. The fraction of sp³-hybridized carbons (Fsp3) is 0.786. The summed E-state index contributed by atoms with van der Waals surface area (Å²) < 4.78 is 35.2. The van der Waals surface area contributed by atoms with E-state index >= 15 is 0 Å². The third-order valence-corrected chi connectivity index (χ3v) is 3.46. The number of hydrogen-bond acceptors (Lipinski definition) is 12. The molecule has 170 valence electrons. The molecule has 0 bridgehead atoms. The Balaban J connectivity index is 4.29. The minimum Gasteiger partial charge on any atom is -0.756 e. The van der Waals surface area contributed by atoms with E-state index in [9.17, 15) is 23.8 Å². The van der Waals surface area contributed by atoms with Gasteiger partial charge in [0.15, 0.2) is 6.10 Å². The Hall–Kier alpha value is -2.12. The minimum atomic E-state index is -4.78. The number of phosphoric acid groups is 1. The van der Waals surface area contributed by atoms with Gasteiger partial charge in [-0.05, 0) is 20.8 Å². The molecule has 14 nitrogen and oxygen atoms in total. The molecule has 3 N–H and O–H groups in total.